The predicted molar refractivity (Wildman–Crippen MR) is 81.9 cm³/mol. The fourth-order valence-electron chi connectivity index (χ4n) is 1.90. The molecule has 2 N–H and O–H groups in total. The zero-order valence-electron chi connectivity index (χ0n) is 12.2. The Morgan fingerprint density at radius 2 is 2.35 bits per heavy atom. The third kappa shape index (κ3) is 3.37. The number of hydrogen-bond acceptors (Lipinski definition) is 6. The molecule has 0 aliphatic heterocycles. The topological polar surface area (TPSA) is 110 Å². The van der Waals surface area contributed by atoms with Crippen LogP contribution >= 0.6 is 11.6 Å². The van der Waals surface area contributed by atoms with Crippen molar-refractivity contribution in [2.75, 3.05) is 6.54 Å². The smallest absolute Gasteiger partial charge is 0.273 e. The molecule has 23 heavy (non-hydrogen) atoms. The van der Waals surface area contributed by atoms with Crippen LogP contribution in [0.25, 0.3) is 11.4 Å². The highest BCUT2D eigenvalue weighted by Crippen LogP contribution is 2.17. The molecule has 0 aromatic carbocycles. The first-order valence-electron chi connectivity index (χ1n) is 6.87. The normalized spacial score (nSPS) is 10.7. The van der Waals surface area contributed by atoms with Gasteiger partial charge in [-0.25, -0.2) is 0 Å². The molecule has 118 valence electrons. The highest BCUT2D eigenvalue weighted by Gasteiger charge is 2.16. The summed E-state index contributed by atoms with van der Waals surface area (Å²) in [4.78, 5) is 20.2. The van der Waals surface area contributed by atoms with Crippen LogP contribution in [0, 0.1) is 6.92 Å². The fourth-order valence-corrected chi connectivity index (χ4v) is 2.07. The van der Waals surface area contributed by atoms with Crippen LogP contribution in [-0.4, -0.2) is 37.8 Å². The maximum Gasteiger partial charge on any atom is 0.273 e. The van der Waals surface area contributed by atoms with Crippen LogP contribution < -0.4 is 5.32 Å². The van der Waals surface area contributed by atoms with E-state index >= 15 is 0 Å². The van der Waals surface area contributed by atoms with Gasteiger partial charge in [0.05, 0.1) is 10.7 Å². The lowest BCUT2D eigenvalue weighted by Gasteiger charge is -2.00. The number of hydrogen-bond donors (Lipinski definition) is 2. The molecule has 3 aromatic heterocycles. The van der Waals surface area contributed by atoms with Crippen LogP contribution in [-0.2, 0) is 6.42 Å². The largest absolute Gasteiger partial charge is 0.350 e. The van der Waals surface area contributed by atoms with E-state index < -0.39 is 0 Å². The van der Waals surface area contributed by atoms with Crippen molar-refractivity contribution < 1.29 is 9.32 Å². The molecule has 0 saturated heterocycles. The molecule has 0 unspecified atom stereocenters. The SMILES string of the molecule is Cc1[nH]nc(C(=O)NCCc2nc(-c3cccnc3)no2)c1Cl. The lowest BCUT2D eigenvalue weighted by Crippen LogP contribution is -2.26. The molecule has 0 aliphatic carbocycles. The van der Waals surface area contributed by atoms with Gasteiger partial charge in [0.15, 0.2) is 5.69 Å². The monoisotopic (exact) mass is 332 g/mol. The average molecular weight is 333 g/mol. The van der Waals surface area contributed by atoms with Crippen molar-refractivity contribution in [2.45, 2.75) is 13.3 Å². The quantitative estimate of drug-likeness (QED) is 0.737. The van der Waals surface area contributed by atoms with Gasteiger partial charge in [0, 0.05) is 30.9 Å². The lowest BCUT2D eigenvalue weighted by atomic mass is 10.3. The van der Waals surface area contributed by atoms with Gasteiger partial charge in [-0.2, -0.15) is 10.1 Å². The van der Waals surface area contributed by atoms with Crippen molar-refractivity contribution >= 4 is 17.5 Å². The first-order chi connectivity index (χ1) is 11.1. The minimum atomic E-state index is -0.355. The second-order valence-electron chi connectivity index (χ2n) is 4.77. The third-order valence-corrected chi connectivity index (χ3v) is 3.56. The molecular weight excluding hydrogens is 320 g/mol. The molecule has 8 nitrogen and oxygen atoms in total. The van der Waals surface area contributed by atoms with Gasteiger partial charge in [-0.3, -0.25) is 14.9 Å². The maximum absolute atomic E-state index is 11.9. The van der Waals surface area contributed by atoms with E-state index in [-0.39, 0.29) is 11.6 Å². The number of pyridine rings is 1. The Balaban J connectivity index is 1.56. The van der Waals surface area contributed by atoms with Gasteiger partial charge >= 0.3 is 0 Å². The Morgan fingerprint density at radius 3 is 3.04 bits per heavy atom. The second kappa shape index (κ2) is 6.57. The molecule has 0 spiro atoms. The molecule has 0 radical (unpaired) electrons. The number of nitrogens with one attached hydrogen (secondary N) is 2. The molecule has 0 atom stereocenters. The van der Waals surface area contributed by atoms with E-state index in [9.17, 15) is 4.79 Å². The third-order valence-electron chi connectivity index (χ3n) is 3.10. The van der Waals surface area contributed by atoms with Gasteiger partial charge in [0.1, 0.15) is 0 Å². The molecule has 3 heterocycles. The molecule has 0 saturated carbocycles. The number of aryl methyl sites for hydroxylation is 1. The molecule has 3 rings (SSSR count). The van der Waals surface area contributed by atoms with Gasteiger partial charge in [-0.15, -0.1) is 0 Å². The van der Waals surface area contributed by atoms with Gasteiger partial charge in [0.2, 0.25) is 11.7 Å². The van der Waals surface area contributed by atoms with Crippen LogP contribution in [0.3, 0.4) is 0 Å². The minimum Gasteiger partial charge on any atom is -0.350 e. The second-order valence-corrected chi connectivity index (χ2v) is 5.15. The summed E-state index contributed by atoms with van der Waals surface area (Å²) in [5.74, 6) is 0.533. The first kappa shape index (κ1) is 15.2. The standard InChI is InChI=1S/C14H13ClN6O2/c1-8-11(15)12(20-19-8)14(22)17-6-4-10-18-13(21-23-10)9-3-2-5-16-7-9/h2-3,5,7H,4,6H2,1H3,(H,17,22)(H,19,20). The number of carbonyl (C=O) groups is 1. The van der Waals surface area contributed by atoms with Crippen molar-refractivity contribution in [3.05, 3.63) is 46.8 Å². The summed E-state index contributed by atoms with van der Waals surface area (Å²) in [6.07, 6.45) is 3.72. The number of halogens is 1. The highest BCUT2D eigenvalue weighted by molar-refractivity contribution is 6.34. The van der Waals surface area contributed by atoms with E-state index in [2.05, 4.69) is 30.6 Å². The summed E-state index contributed by atoms with van der Waals surface area (Å²) in [5.41, 5.74) is 1.59. The summed E-state index contributed by atoms with van der Waals surface area (Å²) in [5, 5.41) is 13.4. The average Bonchev–Trinajstić information content (AvgIpc) is 3.16. The zero-order valence-corrected chi connectivity index (χ0v) is 13.0. The van der Waals surface area contributed by atoms with E-state index in [0.717, 1.165) is 5.56 Å². The Labute approximate surface area is 136 Å². The molecular formula is C14H13ClN6O2. The molecule has 0 bridgehead atoms. The number of aromatic nitrogens is 5. The molecule has 0 fully saturated rings. The fraction of sp³-hybridized carbons (Fsp3) is 0.214. The number of H-pyrrole nitrogens is 1. The summed E-state index contributed by atoms with van der Waals surface area (Å²) in [6.45, 7) is 2.07. The van der Waals surface area contributed by atoms with Crippen molar-refractivity contribution in [2.24, 2.45) is 0 Å². The Kier molecular flexibility index (Phi) is 4.33. The van der Waals surface area contributed by atoms with Gasteiger partial charge < -0.3 is 9.84 Å². The van der Waals surface area contributed by atoms with Crippen molar-refractivity contribution in [3.8, 4) is 11.4 Å². The molecule has 3 aromatic rings. The van der Waals surface area contributed by atoms with Crippen molar-refractivity contribution in [1.82, 2.24) is 30.6 Å². The summed E-state index contributed by atoms with van der Waals surface area (Å²) >= 11 is 5.97. The number of aromatic amines is 1. The van der Waals surface area contributed by atoms with Crippen LogP contribution in [0.15, 0.2) is 29.0 Å². The highest BCUT2D eigenvalue weighted by atomic mass is 35.5. The lowest BCUT2D eigenvalue weighted by molar-refractivity contribution is 0.0948. The predicted octanol–water partition coefficient (Wildman–Crippen LogP) is 1.79. The van der Waals surface area contributed by atoms with Crippen LogP contribution in [0.1, 0.15) is 22.1 Å². The number of nitrogens with zero attached hydrogens (tertiary/aromatic N) is 4. The molecule has 0 aliphatic rings. The Bertz CT molecular complexity index is 814. The van der Waals surface area contributed by atoms with Crippen molar-refractivity contribution in [1.29, 1.82) is 0 Å². The van der Waals surface area contributed by atoms with Crippen molar-refractivity contribution in [3.63, 3.8) is 0 Å². The molecule has 1 amide bonds. The van der Waals surface area contributed by atoms with Gasteiger partial charge in [0.25, 0.3) is 5.91 Å². The first-order valence-corrected chi connectivity index (χ1v) is 7.24. The number of amides is 1. The summed E-state index contributed by atoms with van der Waals surface area (Å²) < 4.78 is 5.15. The Hall–Kier alpha value is -2.74. The van der Waals surface area contributed by atoms with E-state index in [4.69, 9.17) is 16.1 Å². The van der Waals surface area contributed by atoms with Gasteiger partial charge in [-0.1, -0.05) is 16.8 Å². The van der Waals surface area contributed by atoms with Crippen LogP contribution in [0.5, 0.6) is 0 Å². The number of carbonyl (C=O) groups excluding carboxylic acids is 1. The van der Waals surface area contributed by atoms with E-state index in [1.807, 2.05) is 6.07 Å². The van der Waals surface area contributed by atoms with E-state index in [1.54, 1.807) is 25.4 Å². The zero-order chi connectivity index (χ0) is 16.2. The minimum absolute atomic E-state index is 0.172. The van der Waals surface area contributed by atoms with Gasteiger partial charge in [-0.05, 0) is 19.1 Å². The number of rotatable bonds is 5. The maximum atomic E-state index is 11.9. The van der Waals surface area contributed by atoms with E-state index in [1.165, 1.54) is 0 Å². The summed E-state index contributed by atoms with van der Waals surface area (Å²) in [6, 6.07) is 3.63. The van der Waals surface area contributed by atoms with Crippen LogP contribution in [0.2, 0.25) is 5.02 Å². The molecule has 9 heteroatoms. The Morgan fingerprint density at radius 1 is 1.48 bits per heavy atom. The van der Waals surface area contributed by atoms with Crippen LogP contribution in [0.4, 0.5) is 0 Å². The summed E-state index contributed by atoms with van der Waals surface area (Å²) in [7, 11) is 0. The van der Waals surface area contributed by atoms with E-state index in [0.29, 0.717) is 35.4 Å².